The summed E-state index contributed by atoms with van der Waals surface area (Å²) in [5, 5.41) is 4.72. The third-order valence-electron chi connectivity index (χ3n) is 2.12. The van der Waals surface area contributed by atoms with Crippen LogP contribution in [0.5, 0.6) is 0 Å². The van der Waals surface area contributed by atoms with Crippen molar-refractivity contribution >= 4 is 17.2 Å². The van der Waals surface area contributed by atoms with Crippen LogP contribution in [0.3, 0.4) is 0 Å². The standard InChI is InChI=1S/C12H19NO2S/c1-10(2)5-7-15-8-6-13-12(14)11-4-3-9-16-11/h3-4,9-10H,5-8H2,1-2H3,(H,13,14). The van der Waals surface area contributed by atoms with Crippen LogP contribution < -0.4 is 5.32 Å². The molecule has 1 N–H and O–H groups in total. The van der Waals surface area contributed by atoms with Gasteiger partial charge in [0.15, 0.2) is 0 Å². The zero-order chi connectivity index (χ0) is 11.8. The Morgan fingerprint density at radius 3 is 2.94 bits per heavy atom. The van der Waals surface area contributed by atoms with Crippen molar-refractivity contribution in [1.82, 2.24) is 5.32 Å². The fraction of sp³-hybridized carbons (Fsp3) is 0.583. The molecule has 0 aliphatic rings. The van der Waals surface area contributed by atoms with E-state index in [-0.39, 0.29) is 5.91 Å². The van der Waals surface area contributed by atoms with Crippen LogP contribution in [0.2, 0.25) is 0 Å². The van der Waals surface area contributed by atoms with Gasteiger partial charge in [0, 0.05) is 13.2 Å². The van der Waals surface area contributed by atoms with Gasteiger partial charge in [0.2, 0.25) is 0 Å². The Morgan fingerprint density at radius 2 is 2.31 bits per heavy atom. The number of carbonyl (C=O) groups excluding carboxylic acids is 1. The minimum atomic E-state index is -0.0116. The zero-order valence-electron chi connectivity index (χ0n) is 9.86. The van der Waals surface area contributed by atoms with E-state index in [0.29, 0.717) is 19.1 Å². The van der Waals surface area contributed by atoms with Gasteiger partial charge in [-0.25, -0.2) is 0 Å². The fourth-order valence-electron chi connectivity index (χ4n) is 1.15. The molecule has 0 radical (unpaired) electrons. The van der Waals surface area contributed by atoms with Gasteiger partial charge in [0.05, 0.1) is 11.5 Å². The second-order valence-electron chi connectivity index (χ2n) is 4.03. The minimum absolute atomic E-state index is 0.0116. The molecule has 90 valence electrons. The lowest BCUT2D eigenvalue weighted by molar-refractivity contribution is 0.0909. The van der Waals surface area contributed by atoms with E-state index in [4.69, 9.17) is 4.74 Å². The molecule has 1 rings (SSSR count). The topological polar surface area (TPSA) is 38.3 Å². The molecule has 0 saturated carbocycles. The number of hydrogen-bond donors (Lipinski definition) is 1. The third kappa shape index (κ3) is 5.28. The van der Waals surface area contributed by atoms with Crippen LogP contribution in [0.25, 0.3) is 0 Å². The van der Waals surface area contributed by atoms with Crippen molar-refractivity contribution < 1.29 is 9.53 Å². The fourth-order valence-corrected chi connectivity index (χ4v) is 1.79. The molecule has 16 heavy (non-hydrogen) atoms. The monoisotopic (exact) mass is 241 g/mol. The van der Waals surface area contributed by atoms with Crippen LogP contribution in [-0.4, -0.2) is 25.7 Å². The maximum absolute atomic E-state index is 11.5. The summed E-state index contributed by atoms with van der Waals surface area (Å²) < 4.78 is 5.40. The largest absolute Gasteiger partial charge is 0.380 e. The first kappa shape index (κ1) is 13.2. The lowest BCUT2D eigenvalue weighted by Gasteiger charge is -2.07. The van der Waals surface area contributed by atoms with Crippen LogP contribution >= 0.6 is 11.3 Å². The first-order chi connectivity index (χ1) is 7.70. The number of hydrogen-bond acceptors (Lipinski definition) is 3. The van der Waals surface area contributed by atoms with Gasteiger partial charge in [-0.05, 0) is 23.8 Å². The predicted molar refractivity (Wildman–Crippen MR) is 66.9 cm³/mol. The van der Waals surface area contributed by atoms with E-state index < -0.39 is 0 Å². The number of thiophene rings is 1. The van der Waals surface area contributed by atoms with Gasteiger partial charge in [-0.3, -0.25) is 4.79 Å². The number of rotatable bonds is 7. The van der Waals surface area contributed by atoms with Crippen LogP contribution in [0.4, 0.5) is 0 Å². The Bertz CT molecular complexity index is 296. The van der Waals surface area contributed by atoms with E-state index in [1.165, 1.54) is 11.3 Å². The molecule has 0 aliphatic heterocycles. The molecule has 0 saturated heterocycles. The highest BCUT2D eigenvalue weighted by molar-refractivity contribution is 7.12. The van der Waals surface area contributed by atoms with Crippen LogP contribution in [0.1, 0.15) is 29.9 Å². The normalized spacial score (nSPS) is 10.7. The number of ether oxygens (including phenoxy) is 1. The molecule has 4 heteroatoms. The van der Waals surface area contributed by atoms with E-state index in [0.717, 1.165) is 17.9 Å². The molecule has 1 aromatic heterocycles. The minimum Gasteiger partial charge on any atom is -0.380 e. The predicted octanol–water partition coefficient (Wildman–Crippen LogP) is 2.54. The van der Waals surface area contributed by atoms with Crippen molar-refractivity contribution in [2.45, 2.75) is 20.3 Å². The molecular formula is C12H19NO2S. The quantitative estimate of drug-likeness (QED) is 0.745. The van der Waals surface area contributed by atoms with Gasteiger partial charge in [-0.1, -0.05) is 19.9 Å². The van der Waals surface area contributed by atoms with Gasteiger partial charge >= 0.3 is 0 Å². The summed E-state index contributed by atoms with van der Waals surface area (Å²) in [6.07, 6.45) is 1.07. The summed E-state index contributed by atoms with van der Waals surface area (Å²) in [4.78, 5) is 12.2. The summed E-state index contributed by atoms with van der Waals surface area (Å²) in [7, 11) is 0. The first-order valence-electron chi connectivity index (χ1n) is 5.59. The highest BCUT2D eigenvalue weighted by atomic mass is 32.1. The highest BCUT2D eigenvalue weighted by Gasteiger charge is 2.04. The average Bonchev–Trinajstić information content (AvgIpc) is 2.75. The molecule has 3 nitrogen and oxygen atoms in total. The zero-order valence-corrected chi connectivity index (χ0v) is 10.7. The number of carbonyl (C=O) groups is 1. The molecule has 0 fully saturated rings. The number of amides is 1. The van der Waals surface area contributed by atoms with Crippen LogP contribution in [0.15, 0.2) is 17.5 Å². The van der Waals surface area contributed by atoms with Crippen molar-refractivity contribution in [3.05, 3.63) is 22.4 Å². The maximum atomic E-state index is 11.5. The van der Waals surface area contributed by atoms with E-state index in [1.54, 1.807) is 0 Å². The Morgan fingerprint density at radius 1 is 1.50 bits per heavy atom. The average molecular weight is 241 g/mol. The molecule has 0 bridgehead atoms. The van der Waals surface area contributed by atoms with Gasteiger partial charge in [0.25, 0.3) is 5.91 Å². The Kier molecular flexibility index (Phi) is 6.11. The summed E-state index contributed by atoms with van der Waals surface area (Å²) >= 11 is 1.45. The Hall–Kier alpha value is -0.870. The van der Waals surface area contributed by atoms with Crippen molar-refractivity contribution in [1.29, 1.82) is 0 Å². The lowest BCUT2D eigenvalue weighted by Crippen LogP contribution is -2.26. The van der Waals surface area contributed by atoms with Gasteiger partial charge < -0.3 is 10.1 Å². The van der Waals surface area contributed by atoms with Crippen LogP contribution in [0, 0.1) is 5.92 Å². The molecule has 0 unspecified atom stereocenters. The third-order valence-corrected chi connectivity index (χ3v) is 2.99. The summed E-state index contributed by atoms with van der Waals surface area (Å²) in [5.41, 5.74) is 0. The van der Waals surface area contributed by atoms with Crippen molar-refractivity contribution in [3.63, 3.8) is 0 Å². The summed E-state index contributed by atoms with van der Waals surface area (Å²) in [6.45, 7) is 6.27. The second kappa shape index (κ2) is 7.41. The van der Waals surface area contributed by atoms with Gasteiger partial charge in [0.1, 0.15) is 0 Å². The van der Waals surface area contributed by atoms with Crippen molar-refractivity contribution in [3.8, 4) is 0 Å². The van der Waals surface area contributed by atoms with E-state index in [2.05, 4.69) is 19.2 Å². The molecular weight excluding hydrogens is 222 g/mol. The molecule has 0 spiro atoms. The molecule has 0 aromatic carbocycles. The SMILES string of the molecule is CC(C)CCOCCNC(=O)c1cccs1. The number of nitrogens with one attached hydrogen (secondary N) is 1. The molecule has 1 heterocycles. The van der Waals surface area contributed by atoms with Crippen LogP contribution in [-0.2, 0) is 4.74 Å². The molecule has 1 amide bonds. The molecule has 1 aromatic rings. The second-order valence-corrected chi connectivity index (χ2v) is 4.98. The van der Waals surface area contributed by atoms with Crippen molar-refractivity contribution in [2.24, 2.45) is 5.92 Å². The van der Waals surface area contributed by atoms with E-state index >= 15 is 0 Å². The van der Waals surface area contributed by atoms with Gasteiger partial charge in [-0.15, -0.1) is 11.3 Å². The Balaban J connectivity index is 2.01. The van der Waals surface area contributed by atoms with E-state index in [1.807, 2.05) is 17.5 Å². The lowest BCUT2D eigenvalue weighted by atomic mass is 10.1. The smallest absolute Gasteiger partial charge is 0.261 e. The Labute approximate surface area is 101 Å². The summed E-state index contributed by atoms with van der Waals surface area (Å²) in [6, 6.07) is 3.69. The first-order valence-corrected chi connectivity index (χ1v) is 6.47. The van der Waals surface area contributed by atoms with Crippen molar-refractivity contribution in [2.75, 3.05) is 19.8 Å². The summed E-state index contributed by atoms with van der Waals surface area (Å²) in [5.74, 6) is 0.656. The molecule has 0 atom stereocenters. The highest BCUT2D eigenvalue weighted by Crippen LogP contribution is 2.07. The van der Waals surface area contributed by atoms with E-state index in [9.17, 15) is 4.79 Å². The maximum Gasteiger partial charge on any atom is 0.261 e. The molecule has 0 aliphatic carbocycles. The van der Waals surface area contributed by atoms with Gasteiger partial charge in [-0.2, -0.15) is 0 Å².